The predicted molar refractivity (Wildman–Crippen MR) is 81.9 cm³/mol. The Morgan fingerprint density at radius 3 is 3.14 bits per heavy atom. The molecule has 3 unspecified atom stereocenters. The topological polar surface area (TPSA) is 60.5 Å². The van der Waals surface area contributed by atoms with E-state index in [-0.39, 0.29) is 24.0 Å². The molecule has 1 saturated heterocycles. The normalized spacial score (nSPS) is 25.6. The molecule has 2 heterocycles. The van der Waals surface area contributed by atoms with Crippen LogP contribution in [0.3, 0.4) is 0 Å². The zero-order valence-electron chi connectivity index (χ0n) is 12.6. The Morgan fingerprint density at radius 2 is 2.43 bits per heavy atom. The van der Waals surface area contributed by atoms with E-state index in [4.69, 9.17) is 9.47 Å². The minimum Gasteiger partial charge on any atom is -0.465 e. The highest BCUT2D eigenvalue weighted by Crippen LogP contribution is 2.39. The Balaban J connectivity index is 1.67. The van der Waals surface area contributed by atoms with E-state index in [2.05, 4.69) is 17.2 Å². The number of anilines is 1. The van der Waals surface area contributed by atoms with Crippen LogP contribution < -0.4 is 5.32 Å². The number of thiazole rings is 1. The number of hydrogen-bond donors (Lipinski definition) is 1. The van der Waals surface area contributed by atoms with E-state index in [1.807, 2.05) is 6.92 Å². The molecular weight excluding hydrogens is 288 g/mol. The van der Waals surface area contributed by atoms with Crippen molar-refractivity contribution in [1.82, 2.24) is 4.98 Å². The predicted octanol–water partition coefficient (Wildman–Crippen LogP) is 2.72. The highest BCUT2D eigenvalue weighted by atomic mass is 32.1. The Kier molecular flexibility index (Phi) is 4.45. The van der Waals surface area contributed by atoms with Crippen LogP contribution in [0.1, 0.15) is 49.6 Å². The number of nitrogens with zero attached hydrogens (tertiary/aromatic N) is 1. The summed E-state index contributed by atoms with van der Waals surface area (Å²) in [6.07, 6.45) is 4.26. The van der Waals surface area contributed by atoms with Crippen molar-refractivity contribution in [3.05, 3.63) is 10.6 Å². The molecule has 1 fully saturated rings. The van der Waals surface area contributed by atoms with Crippen LogP contribution in [0.4, 0.5) is 5.13 Å². The van der Waals surface area contributed by atoms with Crippen molar-refractivity contribution >= 4 is 22.4 Å². The monoisotopic (exact) mass is 310 g/mol. The average molecular weight is 310 g/mol. The van der Waals surface area contributed by atoms with Crippen molar-refractivity contribution in [2.75, 3.05) is 18.5 Å². The molecule has 21 heavy (non-hydrogen) atoms. The number of rotatable bonds is 5. The number of hydrogen-bond acceptors (Lipinski definition) is 6. The van der Waals surface area contributed by atoms with Crippen molar-refractivity contribution in [2.45, 2.75) is 57.6 Å². The molecule has 0 amide bonds. The molecule has 3 atom stereocenters. The summed E-state index contributed by atoms with van der Waals surface area (Å²) in [7, 11) is 0. The van der Waals surface area contributed by atoms with E-state index in [0.717, 1.165) is 43.1 Å². The Morgan fingerprint density at radius 1 is 1.57 bits per heavy atom. The Hall–Kier alpha value is -1.14. The molecule has 1 aliphatic heterocycles. The summed E-state index contributed by atoms with van der Waals surface area (Å²) in [6, 6.07) is 0.250. The van der Waals surface area contributed by atoms with Crippen LogP contribution in [0.5, 0.6) is 0 Å². The average Bonchev–Trinajstić information content (AvgIpc) is 3.14. The quantitative estimate of drug-likeness (QED) is 0.847. The summed E-state index contributed by atoms with van der Waals surface area (Å²) in [6.45, 7) is 5.25. The lowest BCUT2D eigenvalue weighted by atomic mass is 10.1. The Labute approximate surface area is 129 Å². The molecule has 2 aliphatic rings. The second kappa shape index (κ2) is 6.32. The first-order valence-electron chi connectivity index (χ1n) is 7.73. The third-order valence-electron chi connectivity index (χ3n) is 4.16. The van der Waals surface area contributed by atoms with Gasteiger partial charge in [0, 0.05) is 11.5 Å². The number of ether oxygens (including phenoxy) is 2. The molecule has 1 N–H and O–H groups in total. The molecular formula is C15H22N2O3S. The zero-order chi connectivity index (χ0) is 14.8. The molecule has 1 aromatic rings. The lowest BCUT2D eigenvalue weighted by molar-refractivity contribution is -0.145. The minimum absolute atomic E-state index is 0.139. The maximum absolute atomic E-state index is 12.0. The van der Waals surface area contributed by atoms with Crippen molar-refractivity contribution in [3.8, 4) is 0 Å². The lowest BCUT2D eigenvalue weighted by Crippen LogP contribution is -2.30. The van der Waals surface area contributed by atoms with E-state index in [1.165, 1.54) is 4.88 Å². The number of nitrogens with one attached hydrogen (secondary N) is 1. The highest BCUT2D eigenvalue weighted by Gasteiger charge is 2.34. The molecule has 0 aromatic carbocycles. The van der Waals surface area contributed by atoms with Crippen LogP contribution in [-0.2, 0) is 20.7 Å². The Bertz CT molecular complexity index is 511. The molecule has 1 aromatic heterocycles. The van der Waals surface area contributed by atoms with Gasteiger partial charge in [0.2, 0.25) is 0 Å². The summed E-state index contributed by atoms with van der Waals surface area (Å²) in [4.78, 5) is 17.8. The first-order chi connectivity index (χ1) is 10.2. The largest absolute Gasteiger partial charge is 0.465 e. The van der Waals surface area contributed by atoms with Crippen LogP contribution >= 0.6 is 11.3 Å². The zero-order valence-corrected chi connectivity index (χ0v) is 13.4. The van der Waals surface area contributed by atoms with Gasteiger partial charge in [0.15, 0.2) is 5.13 Å². The first-order valence-corrected chi connectivity index (χ1v) is 8.55. The third-order valence-corrected chi connectivity index (χ3v) is 5.22. The van der Waals surface area contributed by atoms with Gasteiger partial charge in [-0.05, 0) is 39.5 Å². The van der Waals surface area contributed by atoms with E-state index in [9.17, 15) is 4.79 Å². The highest BCUT2D eigenvalue weighted by molar-refractivity contribution is 7.15. The smallest absolute Gasteiger partial charge is 0.315 e. The SMILES string of the molecule is CCOC(=O)C1CCc2sc(NC(C)C3CCCO3)nc21. The van der Waals surface area contributed by atoms with Gasteiger partial charge in [0.25, 0.3) is 0 Å². The third kappa shape index (κ3) is 3.06. The number of fused-ring (bicyclic) bond motifs is 1. The first kappa shape index (κ1) is 14.8. The molecule has 0 bridgehead atoms. The van der Waals surface area contributed by atoms with Gasteiger partial charge in [-0.15, -0.1) is 11.3 Å². The number of aromatic nitrogens is 1. The van der Waals surface area contributed by atoms with E-state index in [1.54, 1.807) is 11.3 Å². The molecule has 6 heteroatoms. The van der Waals surface area contributed by atoms with Crippen molar-refractivity contribution in [3.63, 3.8) is 0 Å². The second-order valence-electron chi connectivity index (χ2n) is 5.66. The van der Waals surface area contributed by atoms with Crippen molar-refractivity contribution in [2.24, 2.45) is 0 Å². The molecule has 5 nitrogen and oxygen atoms in total. The molecule has 3 rings (SSSR count). The molecule has 0 spiro atoms. The molecule has 0 radical (unpaired) electrons. The summed E-state index contributed by atoms with van der Waals surface area (Å²) >= 11 is 1.66. The maximum Gasteiger partial charge on any atom is 0.315 e. The van der Waals surface area contributed by atoms with Gasteiger partial charge in [0.05, 0.1) is 24.4 Å². The van der Waals surface area contributed by atoms with Gasteiger partial charge < -0.3 is 14.8 Å². The molecule has 0 saturated carbocycles. The van der Waals surface area contributed by atoms with Gasteiger partial charge in [-0.2, -0.15) is 0 Å². The summed E-state index contributed by atoms with van der Waals surface area (Å²) < 4.78 is 10.8. The van der Waals surface area contributed by atoms with Crippen LogP contribution in [0.25, 0.3) is 0 Å². The fourth-order valence-corrected chi connectivity index (χ4v) is 4.18. The van der Waals surface area contributed by atoms with Gasteiger partial charge in [-0.25, -0.2) is 4.98 Å². The van der Waals surface area contributed by atoms with Gasteiger partial charge in [-0.3, -0.25) is 4.79 Å². The minimum atomic E-state index is -0.176. The molecule has 116 valence electrons. The van der Waals surface area contributed by atoms with E-state index < -0.39 is 0 Å². The number of carbonyl (C=O) groups excluding carboxylic acids is 1. The van der Waals surface area contributed by atoms with Crippen molar-refractivity contribution in [1.29, 1.82) is 0 Å². The van der Waals surface area contributed by atoms with Gasteiger partial charge in [0.1, 0.15) is 5.92 Å². The summed E-state index contributed by atoms with van der Waals surface area (Å²) in [5, 5.41) is 4.34. The van der Waals surface area contributed by atoms with Crippen LogP contribution in [0.2, 0.25) is 0 Å². The lowest BCUT2D eigenvalue weighted by Gasteiger charge is -2.19. The summed E-state index contributed by atoms with van der Waals surface area (Å²) in [5.74, 6) is -0.315. The van der Waals surface area contributed by atoms with Crippen LogP contribution in [-0.4, -0.2) is 36.3 Å². The number of esters is 1. The van der Waals surface area contributed by atoms with E-state index >= 15 is 0 Å². The van der Waals surface area contributed by atoms with Gasteiger partial charge in [-0.1, -0.05) is 0 Å². The maximum atomic E-state index is 12.0. The van der Waals surface area contributed by atoms with Crippen LogP contribution in [0.15, 0.2) is 0 Å². The number of aryl methyl sites for hydroxylation is 1. The van der Waals surface area contributed by atoms with E-state index in [0.29, 0.717) is 6.61 Å². The van der Waals surface area contributed by atoms with Crippen LogP contribution in [0, 0.1) is 0 Å². The number of carbonyl (C=O) groups is 1. The second-order valence-corrected chi connectivity index (χ2v) is 6.74. The summed E-state index contributed by atoms with van der Waals surface area (Å²) in [5.41, 5.74) is 0.917. The fourth-order valence-electron chi connectivity index (χ4n) is 3.05. The fraction of sp³-hybridized carbons (Fsp3) is 0.733. The standard InChI is InChI=1S/C15H22N2O3S/c1-3-19-14(18)10-6-7-12-13(10)17-15(21-12)16-9(2)11-5-4-8-20-11/h9-11H,3-8H2,1-2H3,(H,16,17). The van der Waals surface area contributed by atoms with Crippen molar-refractivity contribution < 1.29 is 14.3 Å². The molecule has 1 aliphatic carbocycles. The van der Waals surface area contributed by atoms with Gasteiger partial charge >= 0.3 is 5.97 Å².